The number of rotatable bonds is 3. The first-order valence-corrected chi connectivity index (χ1v) is 8.46. The second-order valence-electron chi connectivity index (χ2n) is 6.56. The predicted molar refractivity (Wildman–Crippen MR) is 92.6 cm³/mol. The van der Waals surface area contributed by atoms with Gasteiger partial charge in [0, 0.05) is 68.9 Å². The van der Waals surface area contributed by atoms with Gasteiger partial charge < -0.3 is 9.80 Å². The Morgan fingerprint density at radius 3 is 2.20 bits per heavy atom. The van der Waals surface area contributed by atoms with Crippen LogP contribution >= 0.6 is 0 Å². The van der Waals surface area contributed by atoms with E-state index in [9.17, 15) is 0 Å². The molecule has 0 saturated carbocycles. The summed E-state index contributed by atoms with van der Waals surface area (Å²) < 4.78 is 1.76. The zero-order valence-corrected chi connectivity index (χ0v) is 13.7. The topological polar surface area (TPSA) is 75.9 Å². The Morgan fingerprint density at radius 2 is 1.48 bits per heavy atom. The molecule has 8 nitrogen and oxygen atoms in total. The molecule has 2 aliphatic rings. The summed E-state index contributed by atoms with van der Waals surface area (Å²) in [5, 5.41) is 4.24. The highest BCUT2D eigenvalue weighted by molar-refractivity contribution is 5.46. The third-order valence-corrected chi connectivity index (χ3v) is 5.02. The van der Waals surface area contributed by atoms with Gasteiger partial charge in [0.1, 0.15) is 12.1 Å². The second kappa shape index (κ2) is 5.80. The lowest BCUT2D eigenvalue weighted by Crippen LogP contribution is -2.30. The SMILES string of the molecule is c1cnc(N2CC3CN(c4cc(-n5cccn5)ncn4)CC3C2)nc1. The molecular formula is C17H18N8. The minimum absolute atomic E-state index is 0.618. The summed E-state index contributed by atoms with van der Waals surface area (Å²) >= 11 is 0. The monoisotopic (exact) mass is 334 g/mol. The van der Waals surface area contributed by atoms with Gasteiger partial charge in [-0.3, -0.25) is 0 Å². The first-order chi connectivity index (χ1) is 12.4. The average molecular weight is 334 g/mol. The molecule has 25 heavy (non-hydrogen) atoms. The molecule has 0 N–H and O–H groups in total. The molecule has 3 aromatic heterocycles. The molecule has 5 heterocycles. The number of nitrogens with zero attached hydrogens (tertiary/aromatic N) is 8. The average Bonchev–Trinajstić information content (AvgIpc) is 3.38. The van der Waals surface area contributed by atoms with Crippen LogP contribution in [0.2, 0.25) is 0 Å². The smallest absolute Gasteiger partial charge is 0.225 e. The summed E-state index contributed by atoms with van der Waals surface area (Å²) in [5.74, 6) is 3.84. The second-order valence-corrected chi connectivity index (χ2v) is 6.56. The van der Waals surface area contributed by atoms with E-state index in [-0.39, 0.29) is 0 Å². The van der Waals surface area contributed by atoms with Crippen LogP contribution in [0.5, 0.6) is 0 Å². The Morgan fingerprint density at radius 1 is 0.760 bits per heavy atom. The minimum Gasteiger partial charge on any atom is -0.356 e. The van der Waals surface area contributed by atoms with E-state index in [2.05, 4.69) is 34.8 Å². The number of fused-ring (bicyclic) bond motifs is 1. The quantitative estimate of drug-likeness (QED) is 0.708. The van der Waals surface area contributed by atoms with Crippen LogP contribution in [0.1, 0.15) is 0 Å². The molecule has 2 atom stereocenters. The Kier molecular flexibility index (Phi) is 3.32. The van der Waals surface area contributed by atoms with E-state index in [1.54, 1.807) is 29.6 Å². The van der Waals surface area contributed by atoms with Gasteiger partial charge in [0.05, 0.1) is 0 Å². The lowest BCUT2D eigenvalue weighted by Gasteiger charge is -2.22. The molecule has 3 aromatic rings. The van der Waals surface area contributed by atoms with Crippen molar-refractivity contribution in [3.8, 4) is 5.82 Å². The zero-order chi connectivity index (χ0) is 16.6. The first-order valence-electron chi connectivity index (χ1n) is 8.46. The normalized spacial score (nSPS) is 22.4. The standard InChI is InChI=1S/C17H18N8/c1-3-18-17(19-4-1)24-10-13-8-23(9-14(13)11-24)15-7-16(21-12-20-15)25-6-2-5-22-25/h1-7,12-14H,8-11H2. The van der Waals surface area contributed by atoms with Crippen molar-refractivity contribution in [3.05, 3.63) is 49.3 Å². The van der Waals surface area contributed by atoms with E-state index in [1.165, 1.54) is 0 Å². The largest absolute Gasteiger partial charge is 0.356 e. The maximum absolute atomic E-state index is 4.47. The van der Waals surface area contributed by atoms with Crippen molar-refractivity contribution in [2.45, 2.75) is 0 Å². The van der Waals surface area contributed by atoms with Crippen molar-refractivity contribution in [1.29, 1.82) is 0 Å². The summed E-state index contributed by atoms with van der Waals surface area (Å²) in [6.45, 7) is 4.01. The fraction of sp³-hybridized carbons (Fsp3) is 0.353. The van der Waals surface area contributed by atoms with Crippen LogP contribution in [0, 0.1) is 11.8 Å². The van der Waals surface area contributed by atoms with Gasteiger partial charge in [-0.15, -0.1) is 0 Å². The van der Waals surface area contributed by atoms with E-state index < -0.39 is 0 Å². The minimum atomic E-state index is 0.618. The Balaban J connectivity index is 1.31. The van der Waals surface area contributed by atoms with Crippen LogP contribution < -0.4 is 9.80 Å². The van der Waals surface area contributed by atoms with Gasteiger partial charge in [-0.2, -0.15) is 5.10 Å². The van der Waals surface area contributed by atoms with Crippen molar-refractivity contribution in [1.82, 2.24) is 29.7 Å². The molecule has 0 radical (unpaired) electrons. The third-order valence-electron chi connectivity index (χ3n) is 5.02. The van der Waals surface area contributed by atoms with Crippen molar-refractivity contribution >= 4 is 11.8 Å². The van der Waals surface area contributed by atoms with Crippen LogP contribution in [-0.2, 0) is 0 Å². The summed E-state index contributed by atoms with van der Waals surface area (Å²) in [5.41, 5.74) is 0. The first kappa shape index (κ1) is 14.3. The molecule has 0 amide bonds. The van der Waals surface area contributed by atoms with E-state index in [4.69, 9.17) is 0 Å². The van der Waals surface area contributed by atoms with Gasteiger partial charge in [0.25, 0.3) is 0 Å². The molecule has 2 saturated heterocycles. The number of hydrogen-bond acceptors (Lipinski definition) is 7. The number of aromatic nitrogens is 6. The maximum Gasteiger partial charge on any atom is 0.225 e. The van der Waals surface area contributed by atoms with E-state index in [1.807, 2.05) is 24.4 Å². The van der Waals surface area contributed by atoms with Crippen LogP contribution in [0.3, 0.4) is 0 Å². The number of hydrogen-bond donors (Lipinski definition) is 0. The Labute approximate surface area is 145 Å². The fourth-order valence-corrected chi connectivity index (χ4v) is 3.84. The predicted octanol–water partition coefficient (Wildman–Crippen LogP) is 1.02. The van der Waals surface area contributed by atoms with Crippen LogP contribution in [0.4, 0.5) is 11.8 Å². The molecule has 0 bridgehead atoms. The van der Waals surface area contributed by atoms with Gasteiger partial charge in [-0.1, -0.05) is 0 Å². The Bertz CT molecular complexity index is 836. The van der Waals surface area contributed by atoms with E-state index in [0.29, 0.717) is 11.8 Å². The zero-order valence-electron chi connectivity index (χ0n) is 13.7. The maximum atomic E-state index is 4.47. The Hall–Kier alpha value is -3.03. The molecule has 126 valence electrons. The van der Waals surface area contributed by atoms with Gasteiger partial charge in [-0.05, 0) is 12.1 Å². The van der Waals surface area contributed by atoms with Crippen LogP contribution in [-0.4, -0.2) is 55.9 Å². The highest BCUT2D eigenvalue weighted by Gasteiger charge is 2.41. The summed E-state index contributed by atoms with van der Waals surface area (Å²) in [6.07, 6.45) is 8.87. The van der Waals surface area contributed by atoms with Crippen molar-refractivity contribution in [2.24, 2.45) is 11.8 Å². The molecular weight excluding hydrogens is 316 g/mol. The highest BCUT2D eigenvalue weighted by atomic mass is 15.3. The summed E-state index contributed by atoms with van der Waals surface area (Å²) in [6, 6.07) is 5.75. The van der Waals surface area contributed by atoms with Crippen molar-refractivity contribution < 1.29 is 0 Å². The molecule has 8 heteroatoms. The van der Waals surface area contributed by atoms with Gasteiger partial charge >= 0.3 is 0 Å². The van der Waals surface area contributed by atoms with Crippen molar-refractivity contribution in [2.75, 3.05) is 36.0 Å². The fourth-order valence-electron chi connectivity index (χ4n) is 3.84. The molecule has 0 aromatic carbocycles. The molecule has 2 unspecified atom stereocenters. The molecule has 2 fully saturated rings. The summed E-state index contributed by atoms with van der Waals surface area (Å²) in [7, 11) is 0. The molecule has 2 aliphatic heterocycles. The number of anilines is 2. The van der Waals surface area contributed by atoms with Gasteiger partial charge in [-0.25, -0.2) is 24.6 Å². The molecule has 0 aliphatic carbocycles. The van der Waals surface area contributed by atoms with Gasteiger partial charge in [0.2, 0.25) is 5.95 Å². The van der Waals surface area contributed by atoms with Crippen LogP contribution in [0.15, 0.2) is 49.3 Å². The molecule has 5 rings (SSSR count). The van der Waals surface area contributed by atoms with Crippen molar-refractivity contribution in [3.63, 3.8) is 0 Å². The van der Waals surface area contributed by atoms with E-state index >= 15 is 0 Å². The third kappa shape index (κ3) is 2.59. The van der Waals surface area contributed by atoms with E-state index in [0.717, 1.165) is 43.8 Å². The highest BCUT2D eigenvalue weighted by Crippen LogP contribution is 2.34. The lowest BCUT2D eigenvalue weighted by molar-refractivity contribution is 0.533. The van der Waals surface area contributed by atoms with Crippen LogP contribution in [0.25, 0.3) is 5.82 Å². The van der Waals surface area contributed by atoms with Gasteiger partial charge in [0.15, 0.2) is 5.82 Å². The lowest BCUT2D eigenvalue weighted by atomic mass is 10.0. The molecule has 0 spiro atoms. The summed E-state index contributed by atoms with van der Waals surface area (Å²) in [4.78, 5) is 22.2.